The van der Waals surface area contributed by atoms with Gasteiger partial charge in [0, 0.05) is 24.7 Å². The lowest BCUT2D eigenvalue weighted by atomic mass is 10.2. The average molecular weight is 187 g/mol. The Hall–Kier alpha value is -1.61. The van der Waals surface area contributed by atoms with Gasteiger partial charge in [0.1, 0.15) is 5.82 Å². The quantitative estimate of drug-likeness (QED) is 0.767. The van der Waals surface area contributed by atoms with Crippen LogP contribution in [-0.4, -0.2) is 18.1 Å². The maximum Gasteiger partial charge on any atom is 0.126 e. The van der Waals surface area contributed by atoms with Crippen LogP contribution in [0.15, 0.2) is 36.5 Å². The fourth-order valence-electron chi connectivity index (χ4n) is 1.38. The van der Waals surface area contributed by atoms with Gasteiger partial charge in [0.2, 0.25) is 0 Å². The van der Waals surface area contributed by atoms with E-state index in [-0.39, 0.29) is 0 Å². The summed E-state index contributed by atoms with van der Waals surface area (Å²) in [6.07, 6.45) is 1.87. The van der Waals surface area contributed by atoms with Gasteiger partial charge in [-0.15, -0.1) is 0 Å². The number of hydrogen-bond acceptors (Lipinski definition) is 3. The Morgan fingerprint density at radius 2 is 2.00 bits per heavy atom. The average Bonchev–Trinajstić information content (AvgIpc) is 2.26. The van der Waals surface area contributed by atoms with E-state index in [9.17, 15) is 0 Å². The molecule has 72 valence electrons. The number of anilines is 1. The monoisotopic (exact) mass is 187 g/mol. The minimum absolute atomic E-state index is 0.620. The maximum absolute atomic E-state index is 5.40. The van der Waals surface area contributed by atoms with Crippen molar-refractivity contribution in [2.75, 3.05) is 18.4 Å². The van der Waals surface area contributed by atoms with E-state index in [0.29, 0.717) is 6.54 Å². The van der Waals surface area contributed by atoms with E-state index in [2.05, 4.69) is 22.4 Å². The Balaban J connectivity index is 2.32. The molecule has 0 saturated carbocycles. The zero-order chi connectivity index (χ0) is 9.80. The summed E-state index contributed by atoms with van der Waals surface area (Å²) in [7, 11) is 0. The van der Waals surface area contributed by atoms with Crippen molar-refractivity contribution in [3.63, 3.8) is 0 Å². The molecule has 0 atom stereocenters. The molecule has 3 nitrogen and oxygen atoms in total. The Bertz CT molecular complexity index is 426. The second kappa shape index (κ2) is 4.07. The first kappa shape index (κ1) is 8.97. The summed E-state index contributed by atoms with van der Waals surface area (Å²) in [5.41, 5.74) is 5.40. The van der Waals surface area contributed by atoms with E-state index in [0.717, 1.165) is 17.7 Å². The fraction of sp³-hybridized carbons (Fsp3) is 0.182. The fourth-order valence-corrected chi connectivity index (χ4v) is 1.38. The first-order valence-electron chi connectivity index (χ1n) is 4.69. The van der Waals surface area contributed by atoms with E-state index in [4.69, 9.17) is 5.73 Å². The third-order valence-electron chi connectivity index (χ3n) is 2.08. The van der Waals surface area contributed by atoms with Gasteiger partial charge in [-0.2, -0.15) is 0 Å². The molecule has 2 aromatic rings. The SMILES string of the molecule is NCCNc1cc2ccccc2cn1. The third-order valence-corrected chi connectivity index (χ3v) is 2.08. The highest BCUT2D eigenvalue weighted by Gasteiger charge is 1.95. The normalized spacial score (nSPS) is 10.4. The van der Waals surface area contributed by atoms with Crippen LogP contribution in [0, 0.1) is 0 Å². The molecule has 0 radical (unpaired) electrons. The summed E-state index contributed by atoms with van der Waals surface area (Å²) < 4.78 is 0. The molecule has 0 unspecified atom stereocenters. The van der Waals surface area contributed by atoms with E-state index < -0.39 is 0 Å². The molecule has 14 heavy (non-hydrogen) atoms. The molecular formula is C11H13N3. The standard InChI is InChI=1S/C11H13N3/c12-5-6-13-11-7-9-3-1-2-4-10(9)8-14-11/h1-4,7-8H,5-6,12H2,(H,13,14). The van der Waals surface area contributed by atoms with Gasteiger partial charge < -0.3 is 11.1 Å². The van der Waals surface area contributed by atoms with Crippen molar-refractivity contribution in [2.24, 2.45) is 5.73 Å². The zero-order valence-electron chi connectivity index (χ0n) is 7.90. The Kier molecular flexibility index (Phi) is 2.60. The van der Waals surface area contributed by atoms with E-state index in [1.807, 2.05) is 24.4 Å². The number of rotatable bonds is 3. The van der Waals surface area contributed by atoms with Gasteiger partial charge in [0.15, 0.2) is 0 Å². The maximum atomic E-state index is 5.40. The second-order valence-corrected chi connectivity index (χ2v) is 3.13. The predicted molar refractivity (Wildman–Crippen MR) is 59.3 cm³/mol. The number of benzene rings is 1. The molecular weight excluding hydrogens is 174 g/mol. The molecule has 2 rings (SSSR count). The topological polar surface area (TPSA) is 50.9 Å². The number of aromatic nitrogens is 1. The smallest absolute Gasteiger partial charge is 0.126 e. The summed E-state index contributed by atoms with van der Waals surface area (Å²) >= 11 is 0. The number of nitrogens with zero attached hydrogens (tertiary/aromatic N) is 1. The first-order valence-corrected chi connectivity index (χ1v) is 4.69. The molecule has 3 N–H and O–H groups in total. The summed E-state index contributed by atoms with van der Waals surface area (Å²) in [6, 6.07) is 10.2. The number of pyridine rings is 1. The van der Waals surface area contributed by atoms with Crippen LogP contribution in [0.1, 0.15) is 0 Å². The summed E-state index contributed by atoms with van der Waals surface area (Å²) in [5.74, 6) is 0.883. The molecule has 0 aliphatic heterocycles. The van der Waals surface area contributed by atoms with E-state index in [1.165, 1.54) is 5.39 Å². The van der Waals surface area contributed by atoms with Gasteiger partial charge in [0.05, 0.1) is 0 Å². The zero-order valence-corrected chi connectivity index (χ0v) is 7.90. The van der Waals surface area contributed by atoms with Gasteiger partial charge >= 0.3 is 0 Å². The van der Waals surface area contributed by atoms with Crippen LogP contribution >= 0.6 is 0 Å². The molecule has 0 fully saturated rings. The van der Waals surface area contributed by atoms with Crippen molar-refractivity contribution in [2.45, 2.75) is 0 Å². The minimum atomic E-state index is 0.620. The van der Waals surface area contributed by atoms with Crippen LogP contribution < -0.4 is 11.1 Å². The predicted octanol–water partition coefficient (Wildman–Crippen LogP) is 1.61. The summed E-state index contributed by atoms with van der Waals surface area (Å²) in [6.45, 7) is 1.37. The Morgan fingerprint density at radius 3 is 2.79 bits per heavy atom. The lowest BCUT2D eigenvalue weighted by Gasteiger charge is -2.04. The van der Waals surface area contributed by atoms with Crippen LogP contribution in [0.25, 0.3) is 10.8 Å². The van der Waals surface area contributed by atoms with Gasteiger partial charge in [-0.25, -0.2) is 4.98 Å². The molecule has 0 amide bonds. The van der Waals surface area contributed by atoms with Gasteiger partial charge in [-0.1, -0.05) is 24.3 Å². The molecule has 0 aliphatic carbocycles. The molecule has 1 heterocycles. The molecule has 1 aromatic heterocycles. The van der Waals surface area contributed by atoms with Crippen molar-refractivity contribution >= 4 is 16.6 Å². The highest BCUT2D eigenvalue weighted by Crippen LogP contribution is 2.15. The number of hydrogen-bond donors (Lipinski definition) is 2. The Morgan fingerprint density at radius 1 is 1.21 bits per heavy atom. The molecule has 0 bridgehead atoms. The number of fused-ring (bicyclic) bond motifs is 1. The van der Waals surface area contributed by atoms with Crippen LogP contribution in [0.4, 0.5) is 5.82 Å². The van der Waals surface area contributed by atoms with Gasteiger partial charge in [-0.3, -0.25) is 0 Å². The number of nitrogens with one attached hydrogen (secondary N) is 1. The van der Waals surface area contributed by atoms with E-state index in [1.54, 1.807) is 0 Å². The van der Waals surface area contributed by atoms with Crippen molar-refractivity contribution in [3.05, 3.63) is 36.5 Å². The summed E-state index contributed by atoms with van der Waals surface area (Å²) in [4.78, 5) is 4.28. The molecule has 0 spiro atoms. The highest BCUT2D eigenvalue weighted by atomic mass is 15.0. The van der Waals surface area contributed by atoms with Crippen molar-refractivity contribution in [1.82, 2.24) is 4.98 Å². The number of nitrogens with two attached hydrogens (primary N) is 1. The van der Waals surface area contributed by atoms with Crippen LogP contribution in [0.3, 0.4) is 0 Å². The third kappa shape index (κ3) is 1.83. The van der Waals surface area contributed by atoms with Gasteiger partial charge in [-0.05, 0) is 11.5 Å². The van der Waals surface area contributed by atoms with Crippen LogP contribution in [0.5, 0.6) is 0 Å². The highest BCUT2D eigenvalue weighted by molar-refractivity contribution is 5.83. The molecule has 1 aromatic carbocycles. The Labute approximate surface area is 83.0 Å². The summed E-state index contributed by atoms with van der Waals surface area (Å²) in [5, 5.41) is 5.50. The molecule has 3 heteroatoms. The van der Waals surface area contributed by atoms with Crippen LogP contribution in [0.2, 0.25) is 0 Å². The molecule has 0 saturated heterocycles. The van der Waals surface area contributed by atoms with Crippen molar-refractivity contribution < 1.29 is 0 Å². The lowest BCUT2D eigenvalue weighted by molar-refractivity contribution is 1.01. The van der Waals surface area contributed by atoms with Gasteiger partial charge in [0.25, 0.3) is 0 Å². The van der Waals surface area contributed by atoms with Crippen molar-refractivity contribution in [1.29, 1.82) is 0 Å². The van der Waals surface area contributed by atoms with Crippen molar-refractivity contribution in [3.8, 4) is 0 Å². The van der Waals surface area contributed by atoms with E-state index >= 15 is 0 Å². The second-order valence-electron chi connectivity index (χ2n) is 3.13. The first-order chi connectivity index (χ1) is 6.90. The minimum Gasteiger partial charge on any atom is -0.369 e. The van der Waals surface area contributed by atoms with Crippen LogP contribution in [-0.2, 0) is 0 Å². The lowest BCUT2D eigenvalue weighted by Crippen LogP contribution is -2.13. The largest absolute Gasteiger partial charge is 0.369 e. The molecule has 0 aliphatic rings.